The molecule has 0 unspecified atom stereocenters. The molecule has 2 nitrogen and oxygen atoms in total. The van der Waals surface area contributed by atoms with Crippen molar-refractivity contribution in [3.63, 3.8) is 0 Å². The van der Waals surface area contributed by atoms with Gasteiger partial charge in [-0.3, -0.25) is 0 Å². The molecule has 0 spiro atoms. The van der Waals surface area contributed by atoms with Crippen LogP contribution >= 0.6 is 15.9 Å². The van der Waals surface area contributed by atoms with Gasteiger partial charge in [0.15, 0.2) is 0 Å². The molecule has 0 atom stereocenters. The van der Waals surface area contributed by atoms with Gasteiger partial charge >= 0.3 is 0 Å². The van der Waals surface area contributed by atoms with Crippen LogP contribution in [0, 0.1) is 12.7 Å². The smallest absolute Gasteiger partial charge is 0.125 e. The van der Waals surface area contributed by atoms with Gasteiger partial charge in [0, 0.05) is 4.47 Å². The molecule has 0 bridgehead atoms. The Morgan fingerprint density at radius 3 is 2.47 bits per heavy atom. The van der Waals surface area contributed by atoms with E-state index in [1.807, 2.05) is 25.1 Å². The van der Waals surface area contributed by atoms with E-state index in [0.29, 0.717) is 11.4 Å². The third-order valence-electron chi connectivity index (χ3n) is 2.41. The molecule has 0 heterocycles. The summed E-state index contributed by atoms with van der Waals surface area (Å²) in [5.74, 6) is -0.337. The monoisotopic (exact) mass is 294 g/mol. The van der Waals surface area contributed by atoms with Crippen LogP contribution in [0.3, 0.4) is 0 Å². The van der Waals surface area contributed by atoms with E-state index in [0.717, 1.165) is 15.7 Å². The van der Waals surface area contributed by atoms with Gasteiger partial charge in [0.25, 0.3) is 0 Å². The van der Waals surface area contributed by atoms with E-state index >= 15 is 0 Å². The summed E-state index contributed by atoms with van der Waals surface area (Å²) in [4.78, 5) is 0. The van der Waals surface area contributed by atoms with Crippen molar-refractivity contribution in [3.8, 4) is 0 Å². The first-order valence-corrected chi connectivity index (χ1v) is 5.94. The van der Waals surface area contributed by atoms with E-state index in [1.165, 1.54) is 12.1 Å². The van der Waals surface area contributed by atoms with Gasteiger partial charge in [-0.1, -0.05) is 6.07 Å². The molecule has 17 heavy (non-hydrogen) atoms. The van der Waals surface area contributed by atoms with Gasteiger partial charge in [0.05, 0.1) is 17.1 Å². The predicted octanol–water partition coefficient (Wildman–Crippen LogP) is 4.22. The second-order valence-corrected chi connectivity index (χ2v) is 4.69. The Labute approximate surface area is 108 Å². The standard InChI is InChI=1S/C13H12BrFN2/c1-8-2-4-12(10(14)6-8)17-13-5-3-9(15)7-11(13)16/h2-7,17H,16H2,1H3. The third kappa shape index (κ3) is 2.77. The Balaban J connectivity index is 2.31. The van der Waals surface area contributed by atoms with Gasteiger partial charge in [-0.2, -0.15) is 0 Å². The summed E-state index contributed by atoms with van der Waals surface area (Å²) in [7, 11) is 0. The van der Waals surface area contributed by atoms with Gasteiger partial charge in [-0.25, -0.2) is 4.39 Å². The van der Waals surface area contributed by atoms with E-state index in [9.17, 15) is 4.39 Å². The Bertz CT molecular complexity index is 506. The lowest BCUT2D eigenvalue weighted by atomic mass is 10.2. The maximum atomic E-state index is 12.9. The number of hydrogen-bond donors (Lipinski definition) is 2. The van der Waals surface area contributed by atoms with E-state index < -0.39 is 0 Å². The number of rotatable bonds is 2. The number of hydrogen-bond acceptors (Lipinski definition) is 2. The minimum Gasteiger partial charge on any atom is -0.397 e. The molecule has 0 aliphatic rings. The number of benzene rings is 2. The lowest BCUT2D eigenvalue weighted by Gasteiger charge is -2.11. The molecule has 0 aliphatic carbocycles. The molecule has 4 heteroatoms. The number of nitrogens with one attached hydrogen (secondary N) is 1. The Morgan fingerprint density at radius 2 is 1.82 bits per heavy atom. The van der Waals surface area contributed by atoms with Crippen LogP contribution in [0.4, 0.5) is 21.5 Å². The number of nitrogen functional groups attached to an aromatic ring is 1. The molecule has 3 N–H and O–H groups in total. The number of halogens is 2. The molecule has 0 radical (unpaired) electrons. The van der Waals surface area contributed by atoms with Crippen LogP contribution in [0.5, 0.6) is 0 Å². The molecule has 2 aromatic carbocycles. The largest absolute Gasteiger partial charge is 0.397 e. The molecule has 88 valence electrons. The highest BCUT2D eigenvalue weighted by Crippen LogP contribution is 2.29. The zero-order valence-electron chi connectivity index (χ0n) is 9.30. The summed E-state index contributed by atoms with van der Waals surface area (Å²) >= 11 is 3.47. The highest BCUT2D eigenvalue weighted by Gasteiger charge is 2.04. The van der Waals surface area contributed by atoms with Gasteiger partial charge in [-0.05, 0) is 58.7 Å². The second-order valence-electron chi connectivity index (χ2n) is 3.84. The van der Waals surface area contributed by atoms with Gasteiger partial charge < -0.3 is 11.1 Å². The molecule has 2 aromatic rings. The molecule has 0 amide bonds. The van der Waals surface area contributed by atoms with Crippen LogP contribution in [-0.2, 0) is 0 Å². The van der Waals surface area contributed by atoms with Crippen LogP contribution in [0.1, 0.15) is 5.56 Å². The maximum absolute atomic E-state index is 12.9. The fourth-order valence-corrected chi connectivity index (χ4v) is 2.11. The van der Waals surface area contributed by atoms with Crippen LogP contribution in [-0.4, -0.2) is 0 Å². The Hall–Kier alpha value is -1.55. The normalized spacial score (nSPS) is 10.3. The lowest BCUT2D eigenvalue weighted by Crippen LogP contribution is -1.97. The van der Waals surface area contributed by atoms with Crippen molar-refractivity contribution in [3.05, 3.63) is 52.3 Å². The fourth-order valence-electron chi connectivity index (χ4n) is 1.51. The SMILES string of the molecule is Cc1ccc(Nc2ccc(F)cc2N)c(Br)c1. The first kappa shape index (κ1) is 11.9. The molecular weight excluding hydrogens is 283 g/mol. The lowest BCUT2D eigenvalue weighted by molar-refractivity contribution is 0.628. The zero-order chi connectivity index (χ0) is 12.4. The van der Waals surface area contributed by atoms with Gasteiger partial charge in [0.2, 0.25) is 0 Å². The van der Waals surface area contributed by atoms with Crippen molar-refractivity contribution in [2.24, 2.45) is 0 Å². The third-order valence-corrected chi connectivity index (χ3v) is 3.06. The van der Waals surface area contributed by atoms with Crippen LogP contribution < -0.4 is 11.1 Å². The van der Waals surface area contributed by atoms with E-state index in [-0.39, 0.29) is 5.82 Å². The van der Waals surface area contributed by atoms with Gasteiger partial charge in [-0.15, -0.1) is 0 Å². The average Bonchev–Trinajstić information content (AvgIpc) is 2.25. The van der Waals surface area contributed by atoms with Crippen molar-refractivity contribution in [2.45, 2.75) is 6.92 Å². The zero-order valence-corrected chi connectivity index (χ0v) is 10.9. The van der Waals surface area contributed by atoms with Crippen molar-refractivity contribution < 1.29 is 4.39 Å². The molecule has 0 aromatic heterocycles. The predicted molar refractivity (Wildman–Crippen MR) is 73.0 cm³/mol. The first-order valence-electron chi connectivity index (χ1n) is 5.14. The summed E-state index contributed by atoms with van der Waals surface area (Å²) in [5.41, 5.74) is 8.87. The summed E-state index contributed by atoms with van der Waals surface area (Å²) in [5, 5.41) is 3.16. The quantitative estimate of drug-likeness (QED) is 0.814. The van der Waals surface area contributed by atoms with Crippen LogP contribution in [0.25, 0.3) is 0 Å². The minimum atomic E-state index is -0.337. The number of aryl methyl sites for hydroxylation is 1. The number of anilines is 3. The second kappa shape index (κ2) is 4.75. The molecule has 0 fully saturated rings. The van der Waals surface area contributed by atoms with E-state index in [2.05, 4.69) is 21.2 Å². The van der Waals surface area contributed by atoms with Crippen LogP contribution in [0.15, 0.2) is 40.9 Å². The molecule has 0 saturated heterocycles. The van der Waals surface area contributed by atoms with Crippen molar-refractivity contribution in [1.82, 2.24) is 0 Å². The maximum Gasteiger partial charge on any atom is 0.125 e. The molecular formula is C13H12BrFN2. The summed E-state index contributed by atoms with van der Waals surface area (Å²) in [6, 6.07) is 10.2. The average molecular weight is 295 g/mol. The minimum absolute atomic E-state index is 0.337. The Morgan fingerprint density at radius 1 is 1.12 bits per heavy atom. The highest BCUT2D eigenvalue weighted by atomic mass is 79.9. The summed E-state index contributed by atoms with van der Waals surface area (Å²) in [6.07, 6.45) is 0. The van der Waals surface area contributed by atoms with Crippen molar-refractivity contribution in [1.29, 1.82) is 0 Å². The number of nitrogens with two attached hydrogens (primary N) is 1. The summed E-state index contributed by atoms with van der Waals surface area (Å²) in [6.45, 7) is 2.01. The van der Waals surface area contributed by atoms with Crippen molar-refractivity contribution in [2.75, 3.05) is 11.1 Å². The topological polar surface area (TPSA) is 38.0 Å². The van der Waals surface area contributed by atoms with E-state index in [1.54, 1.807) is 6.07 Å². The fraction of sp³-hybridized carbons (Fsp3) is 0.0769. The van der Waals surface area contributed by atoms with Crippen molar-refractivity contribution >= 4 is 33.0 Å². The molecule has 2 rings (SSSR count). The molecule has 0 saturated carbocycles. The Kier molecular flexibility index (Phi) is 3.33. The van der Waals surface area contributed by atoms with Gasteiger partial charge in [0.1, 0.15) is 5.82 Å². The highest BCUT2D eigenvalue weighted by molar-refractivity contribution is 9.10. The molecule has 0 aliphatic heterocycles. The first-order chi connectivity index (χ1) is 8.06. The summed E-state index contributed by atoms with van der Waals surface area (Å²) < 4.78 is 13.8. The van der Waals surface area contributed by atoms with Crippen LogP contribution in [0.2, 0.25) is 0 Å². The van der Waals surface area contributed by atoms with E-state index in [4.69, 9.17) is 5.73 Å².